The Bertz CT molecular complexity index is 801. The van der Waals surface area contributed by atoms with Crippen LogP contribution in [0.2, 0.25) is 0 Å². The molecule has 1 saturated heterocycles. The molecule has 0 saturated carbocycles. The molecule has 2 rings (SSSR count). The van der Waals surface area contributed by atoms with E-state index in [1.165, 1.54) is 4.90 Å². The van der Waals surface area contributed by atoms with Gasteiger partial charge >= 0.3 is 12.3 Å². The first-order valence-corrected chi connectivity index (χ1v) is 9.89. The highest BCUT2D eigenvalue weighted by Crippen LogP contribution is 2.37. The predicted molar refractivity (Wildman–Crippen MR) is 107 cm³/mol. The lowest BCUT2D eigenvalue weighted by Crippen LogP contribution is -2.57. The number of nitrogens with zero attached hydrogens (tertiary/aromatic N) is 1. The summed E-state index contributed by atoms with van der Waals surface area (Å²) in [6, 6.07) is 2.64. The lowest BCUT2D eigenvalue weighted by atomic mass is 10.1. The van der Waals surface area contributed by atoms with Crippen molar-refractivity contribution in [2.24, 2.45) is 0 Å². The zero-order valence-electron chi connectivity index (χ0n) is 16.3. The number of carbonyl (C=O) groups excluding carboxylic acids is 2. The molecule has 0 spiro atoms. The van der Waals surface area contributed by atoms with Gasteiger partial charge in [-0.05, 0) is 39.0 Å². The van der Waals surface area contributed by atoms with E-state index < -0.39 is 45.7 Å². The van der Waals surface area contributed by atoms with Gasteiger partial charge in [0.15, 0.2) is 3.79 Å². The van der Waals surface area contributed by atoms with Crippen molar-refractivity contribution in [1.82, 2.24) is 4.90 Å². The molecule has 0 bridgehead atoms. The molecule has 1 heterocycles. The molecule has 1 aromatic rings. The third-order valence-corrected chi connectivity index (χ3v) is 4.14. The number of rotatable bonds is 4. The third kappa shape index (κ3) is 7.59. The van der Waals surface area contributed by atoms with E-state index in [4.69, 9.17) is 44.3 Å². The molecule has 1 aliphatic heterocycles. The number of likely N-dealkylation sites (tertiary alicyclic amines) is 1. The maximum absolute atomic E-state index is 13.0. The number of hydrogen-bond donors (Lipinski definition) is 1. The maximum atomic E-state index is 13.0. The largest absolute Gasteiger partial charge is 0.485 e. The minimum Gasteiger partial charge on any atom is -0.485 e. The Morgan fingerprint density at radius 2 is 1.77 bits per heavy atom. The van der Waals surface area contributed by atoms with E-state index in [0.717, 1.165) is 18.2 Å². The van der Waals surface area contributed by atoms with Crippen molar-refractivity contribution in [2.75, 3.05) is 18.4 Å². The molecule has 0 aromatic heterocycles. The van der Waals surface area contributed by atoms with Gasteiger partial charge in [-0.3, -0.25) is 4.79 Å². The fraction of sp³-hybridized carbons (Fsp3) is 0.556. The molecule has 2 amide bonds. The van der Waals surface area contributed by atoms with Crippen LogP contribution in [0, 0.1) is 0 Å². The van der Waals surface area contributed by atoms with Crippen LogP contribution in [0.1, 0.15) is 32.8 Å². The number of nitrogens with one attached hydrogen (secondary N) is 1. The van der Waals surface area contributed by atoms with Gasteiger partial charge in [0.2, 0.25) is 5.91 Å². The molecule has 168 valence electrons. The van der Waals surface area contributed by atoms with Gasteiger partial charge in [0.1, 0.15) is 17.5 Å². The zero-order chi connectivity index (χ0) is 22.9. The molecule has 30 heavy (non-hydrogen) atoms. The van der Waals surface area contributed by atoms with E-state index in [-0.39, 0.29) is 24.5 Å². The summed E-state index contributed by atoms with van der Waals surface area (Å²) in [5.41, 5.74) is -1.86. The highest BCUT2D eigenvalue weighted by molar-refractivity contribution is 6.68. The summed E-state index contributed by atoms with van der Waals surface area (Å²) in [6.07, 6.45) is -6.20. The van der Waals surface area contributed by atoms with Gasteiger partial charge in [0, 0.05) is 0 Å². The van der Waals surface area contributed by atoms with Crippen LogP contribution >= 0.6 is 34.8 Å². The molecular formula is C18H20Cl3F3N2O4. The number of halogens is 6. The third-order valence-electron chi connectivity index (χ3n) is 3.74. The van der Waals surface area contributed by atoms with Gasteiger partial charge in [-0.1, -0.05) is 34.8 Å². The van der Waals surface area contributed by atoms with Crippen LogP contribution in [-0.4, -0.2) is 45.5 Å². The summed E-state index contributed by atoms with van der Waals surface area (Å²) in [5.74, 6) is -0.808. The van der Waals surface area contributed by atoms with Crippen LogP contribution < -0.4 is 10.1 Å². The Morgan fingerprint density at radius 3 is 2.27 bits per heavy atom. The van der Waals surface area contributed by atoms with Crippen LogP contribution in [0.4, 0.5) is 23.7 Å². The predicted octanol–water partition coefficient (Wildman–Crippen LogP) is 5.40. The van der Waals surface area contributed by atoms with Gasteiger partial charge in [-0.2, -0.15) is 13.2 Å². The summed E-state index contributed by atoms with van der Waals surface area (Å²) in [7, 11) is 0. The van der Waals surface area contributed by atoms with E-state index in [1.54, 1.807) is 20.8 Å². The average molecular weight is 492 g/mol. The molecular weight excluding hydrogens is 472 g/mol. The normalized spacial score (nSPS) is 15.4. The van der Waals surface area contributed by atoms with Crippen molar-refractivity contribution in [3.63, 3.8) is 0 Å². The van der Waals surface area contributed by atoms with E-state index in [1.807, 2.05) is 0 Å². The molecule has 1 aromatic carbocycles. The number of alkyl halides is 6. The number of carbonyl (C=O) groups is 2. The van der Waals surface area contributed by atoms with Crippen LogP contribution in [-0.2, 0) is 15.7 Å². The Labute approximate surface area is 186 Å². The van der Waals surface area contributed by atoms with Crippen molar-refractivity contribution in [3.05, 3.63) is 23.8 Å². The van der Waals surface area contributed by atoms with Crippen LogP contribution in [0.25, 0.3) is 0 Å². The van der Waals surface area contributed by atoms with Crippen LogP contribution in [0.15, 0.2) is 18.2 Å². The average Bonchev–Trinajstić information content (AvgIpc) is 2.46. The molecule has 0 aliphatic carbocycles. The van der Waals surface area contributed by atoms with Crippen molar-refractivity contribution < 1.29 is 32.2 Å². The fourth-order valence-corrected chi connectivity index (χ4v) is 2.82. The summed E-state index contributed by atoms with van der Waals surface area (Å²) < 4.78 is 48.1. The number of ether oxygens (including phenoxy) is 2. The fourth-order valence-electron chi connectivity index (χ4n) is 2.45. The molecule has 0 radical (unpaired) electrons. The second-order valence-corrected chi connectivity index (χ2v) is 10.2. The Balaban J connectivity index is 2.10. The SMILES string of the molecule is CC(C)(C)OC(=O)N1CC(Oc2ccc(C(F)(F)F)cc2NC(=O)CC(Cl)(Cl)Cl)C1. The summed E-state index contributed by atoms with van der Waals surface area (Å²) in [6.45, 7) is 5.54. The minimum atomic E-state index is -4.63. The Hall–Kier alpha value is -1.58. The highest BCUT2D eigenvalue weighted by Gasteiger charge is 2.36. The van der Waals surface area contributed by atoms with Gasteiger partial charge < -0.3 is 19.7 Å². The molecule has 1 fully saturated rings. The standard InChI is InChI=1S/C18H20Cl3F3N2O4/c1-16(2,3)30-15(28)26-8-11(9-26)29-13-5-4-10(18(22,23)24)6-12(13)25-14(27)7-17(19,20)21/h4-6,11H,7-9H2,1-3H3,(H,25,27). The van der Waals surface area contributed by atoms with E-state index >= 15 is 0 Å². The quantitative estimate of drug-likeness (QED) is 0.573. The Kier molecular flexibility index (Phi) is 7.31. The second-order valence-electron chi connectivity index (χ2n) is 7.67. The number of anilines is 1. The molecule has 6 nitrogen and oxygen atoms in total. The first-order valence-electron chi connectivity index (χ1n) is 8.76. The van der Waals surface area contributed by atoms with Crippen molar-refractivity contribution in [3.8, 4) is 5.75 Å². The number of hydrogen-bond acceptors (Lipinski definition) is 4. The van der Waals surface area contributed by atoms with Crippen LogP contribution in [0.3, 0.4) is 0 Å². The molecule has 0 unspecified atom stereocenters. The van der Waals surface area contributed by atoms with Crippen molar-refractivity contribution in [2.45, 2.75) is 48.9 Å². The van der Waals surface area contributed by atoms with Crippen molar-refractivity contribution in [1.29, 1.82) is 0 Å². The van der Waals surface area contributed by atoms with Gasteiger partial charge in [-0.15, -0.1) is 0 Å². The number of amides is 2. The monoisotopic (exact) mass is 490 g/mol. The van der Waals surface area contributed by atoms with E-state index in [0.29, 0.717) is 0 Å². The summed E-state index contributed by atoms with van der Waals surface area (Å²) >= 11 is 16.7. The molecule has 12 heteroatoms. The van der Waals surface area contributed by atoms with E-state index in [9.17, 15) is 22.8 Å². The zero-order valence-corrected chi connectivity index (χ0v) is 18.5. The van der Waals surface area contributed by atoms with E-state index in [2.05, 4.69) is 5.32 Å². The Morgan fingerprint density at radius 1 is 1.17 bits per heavy atom. The van der Waals surface area contributed by atoms with Crippen LogP contribution in [0.5, 0.6) is 5.75 Å². The summed E-state index contributed by atoms with van der Waals surface area (Å²) in [4.78, 5) is 25.4. The van der Waals surface area contributed by atoms with Gasteiger partial charge in [0.25, 0.3) is 0 Å². The lowest BCUT2D eigenvalue weighted by molar-refractivity contribution is -0.137. The maximum Gasteiger partial charge on any atom is 0.416 e. The highest BCUT2D eigenvalue weighted by atomic mass is 35.6. The lowest BCUT2D eigenvalue weighted by Gasteiger charge is -2.39. The van der Waals surface area contributed by atoms with Crippen molar-refractivity contribution >= 4 is 52.5 Å². The first kappa shape index (κ1) is 24.7. The van der Waals surface area contributed by atoms with Gasteiger partial charge in [0.05, 0.1) is 30.8 Å². The topological polar surface area (TPSA) is 67.9 Å². The molecule has 1 aliphatic rings. The van der Waals surface area contributed by atoms with Gasteiger partial charge in [-0.25, -0.2) is 4.79 Å². The molecule has 0 atom stereocenters. The smallest absolute Gasteiger partial charge is 0.416 e. The minimum absolute atomic E-state index is 0.00509. The summed E-state index contributed by atoms with van der Waals surface area (Å²) in [5, 5.41) is 2.28. The number of benzene rings is 1. The second kappa shape index (κ2) is 8.88. The first-order chi connectivity index (χ1) is 13.5. The molecule has 1 N–H and O–H groups in total.